The van der Waals surface area contributed by atoms with Crippen LogP contribution in [0.1, 0.15) is 12.8 Å². The van der Waals surface area contributed by atoms with Crippen molar-refractivity contribution in [1.82, 2.24) is 4.67 Å². The molecule has 32 heavy (non-hydrogen) atoms. The van der Waals surface area contributed by atoms with Crippen molar-refractivity contribution in [3.05, 3.63) is 0 Å². The highest BCUT2D eigenvalue weighted by molar-refractivity contribution is 7.48. The summed E-state index contributed by atoms with van der Waals surface area (Å²) in [5.41, 5.74) is 0. The highest BCUT2D eigenvalue weighted by Gasteiger charge is 2.44. The molecule has 0 N–H and O–H groups in total. The normalized spacial score (nSPS) is 33.3. The van der Waals surface area contributed by atoms with Crippen molar-refractivity contribution < 1.29 is 41.4 Å². The SMILES string of the molecule is [B][B][C@H]1CC(OP(OC)N(C)C)[C@@H](COP(=O)(OC)OC2C[C@H](B([B])[B])O[C@@H]2COC)O1. The fraction of sp³-hybridized carbons (Fsp3) is 1.00. The monoisotopic (exact) mass is 484 g/mol. The molecule has 0 aromatic heterocycles. The van der Waals surface area contributed by atoms with Gasteiger partial charge in [-0.3, -0.25) is 13.6 Å². The lowest BCUT2D eigenvalue weighted by molar-refractivity contribution is -0.0320. The minimum Gasteiger partial charge on any atom is -0.382 e. The molecule has 17 heteroatoms. The van der Waals surface area contributed by atoms with Crippen LogP contribution >= 0.6 is 16.3 Å². The number of ether oxygens (including phenoxy) is 3. The zero-order chi connectivity index (χ0) is 23.9. The summed E-state index contributed by atoms with van der Waals surface area (Å²) >= 11 is 0. The van der Waals surface area contributed by atoms with E-state index in [0.29, 0.717) is 12.8 Å². The summed E-state index contributed by atoms with van der Waals surface area (Å²) in [5.74, 6) is 0. The Morgan fingerprint density at radius 1 is 1.12 bits per heavy atom. The van der Waals surface area contributed by atoms with Crippen LogP contribution in [0.4, 0.5) is 0 Å². The summed E-state index contributed by atoms with van der Waals surface area (Å²) in [4.78, 5) is 0. The Morgan fingerprint density at radius 3 is 2.34 bits per heavy atom. The van der Waals surface area contributed by atoms with Crippen molar-refractivity contribution in [3.8, 4) is 0 Å². The maximum Gasteiger partial charge on any atom is 0.474 e. The lowest BCUT2D eigenvalue weighted by atomic mass is 9.16. The van der Waals surface area contributed by atoms with Crippen LogP contribution in [0.2, 0.25) is 0 Å². The van der Waals surface area contributed by atoms with Gasteiger partial charge in [0.25, 0.3) is 8.53 Å². The number of phosphoric acid groups is 1. The Balaban J connectivity index is 2.02. The molecule has 0 spiro atoms. The zero-order valence-electron chi connectivity index (χ0n) is 19.2. The summed E-state index contributed by atoms with van der Waals surface area (Å²) in [6.07, 6.45) is -1.30. The first-order chi connectivity index (χ1) is 15.2. The van der Waals surface area contributed by atoms with Crippen LogP contribution < -0.4 is 0 Å². The average molecular weight is 483 g/mol. The number of hydrogen-bond donors (Lipinski definition) is 0. The summed E-state index contributed by atoms with van der Waals surface area (Å²) < 4.78 is 59.6. The standard InChI is InChI=1S/C15H29B5NO9P2/c1-21(2)31(24-4)29-10-6-14(19-16)27-13(10)9-26-32(22,25-5)30-11-7-15(20(17)18)28-12(11)8-23-3/h10-15H,6-9H2,1-5H3/t10?,11?,12-,13-,14-,15-,31?,32?/m1/s1. The number of rotatable bonds is 14. The van der Waals surface area contributed by atoms with E-state index in [0.717, 1.165) is 0 Å². The van der Waals surface area contributed by atoms with Gasteiger partial charge in [0.05, 0.1) is 39.1 Å². The molecule has 0 aromatic rings. The van der Waals surface area contributed by atoms with Gasteiger partial charge in [-0.25, -0.2) is 9.24 Å². The molecule has 4 unspecified atom stereocenters. The second-order valence-corrected chi connectivity index (χ2v) is 11.2. The second-order valence-electron chi connectivity index (χ2n) is 7.60. The van der Waals surface area contributed by atoms with Gasteiger partial charge >= 0.3 is 7.82 Å². The molecule has 2 saturated heterocycles. The van der Waals surface area contributed by atoms with Gasteiger partial charge in [0.2, 0.25) is 0 Å². The van der Waals surface area contributed by atoms with Crippen LogP contribution in [0.3, 0.4) is 0 Å². The van der Waals surface area contributed by atoms with Gasteiger partial charge in [-0.1, -0.05) is 0 Å². The molecule has 8 atom stereocenters. The van der Waals surface area contributed by atoms with E-state index in [4.69, 9.17) is 60.0 Å². The van der Waals surface area contributed by atoms with Gasteiger partial charge in [0.1, 0.15) is 12.2 Å². The summed E-state index contributed by atoms with van der Waals surface area (Å²) in [7, 11) is 21.3. The molecule has 10 nitrogen and oxygen atoms in total. The van der Waals surface area contributed by atoms with Crippen LogP contribution in [-0.2, 0) is 41.4 Å². The minimum absolute atomic E-state index is 0.108. The topological polar surface area (TPSA) is 94.2 Å². The number of methoxy groups -OCH3 is 1. The Bertz CT molecular complexity index is 614. The maximum atomic E-state index is 13.2. The minimum atomic E-state index is -3.97. The first kappa shape index (κ1) is 28.9. The van der Waals surface area contributed by atoms with Crippen molar-refractivity contribution in [1.29, 1.82) is 0 Å². The molecule has 0 aliphatic carbocycles. The lowest BCUT2D eigenvalue weighted by Crippen LogP contribution is -2.33. The predicted octanol–water partition coefficient (Wildman–Crippen LogP) is 0.0338. The van der Waals surface area contributed by atoms with E-state index < -0.39 is 53.3 Å². The van der Waals surface area contributed by atoms with Crippen LogP contribution in [0, 0.1) is 0 Å². The quantitative estimate of drug-likeness (QED) is 0.249. The van der Waals surface area contributed by atoms with Crippen LogP contribution in [0.5, 0.6) is 0 Å². The molecular weight excluding hydrogens is 454 g/mol. The van der Waals surface area contributed by atoms with Gasteiger partial charge in [0.15, 0.2) is 0 Å². The number of nitrogens with zero attached hydrogens (tertiary/aromatic N) is 1. The molecule has 2 aliphatic rings. The molecule has 2 heterocycles. The first-order valence-electron chi connectivity index (χ1n) is 10.2. The highest BCUT2D eigenvalue weighted by Crippen LogP contribution is 2.52. The van der Waals surface area contributed by atoms with Gasteiger partial charge in [0, 0.05) is 56.5 Å². The van der Waals surface area contributed by atoms with E-state index in [2.05, 4.69) is 0 Å². The summed E-state index contributed by atoms with van der Waals surface area (Å²) in [6.45, 7) is -0.617. The van der Waals surface area contributed by atoms with E-state index in [-0.39, 0.29) is 19.2 Å². The van der Waals surface area contributed by atoms with Crippen LogP contribution in [0.15, 0.2) is 0 Å². The van der Waals surface area contributed by atoms with Crippen LogP contribution in [-0.4, -0.2) is 127 Å². The zero-order valence-corrected chi connectivity index (χ0v) is 21.0. The van der Waals surface area contributed by atoms with E-state index in [1.54, 1.807) is 7.11 Å². The van der Waals surface area contributed by atoms with Crippen molar-refractivity contribution in [2.24, 2.45) is 0 Å². The maximum absolute atomic E-state index is 13.2. The number of phosphoric ester groups is 1. The second kappa shape index (κ2) is 13.6. The van der Waals surface area contributed by atoms with Gasteiger partial charge < -0.3 is 23.3 Å². The van der Waals surface area contributed by atoms with Gasteiger partial charge in [-0.05, 0) is 26.9 Å². The van der Waals surface area contributed by atoms with E-state index in [1.165, 1.54) is 21.4 Å². The van der Waals surface area contributed by atoms with Crippen molar-refractivity contribution >= 4 is 53.2 Å². The van der Waals surface area contributed by atoms with E-state index in [1.807, 2.05) is 18.8 Å². The lowest BCUT2D eigenvalue weighted by Gasteiger charge is -2.28. The molecular formula is C15H29B5NO9P2. The summed E-state index contributed by atoms with van der Waals surface area (Å²) in [6, 6.07) is -0.810. The molecule has 0 bridgehead atoms. The van der Waals surface area contributed by atoms with E-state index in [9.17, 15) is 4.57 Å². The van der Waals surface area contributed by atoms with Crippen LogP contribution in [0.25, 0.3) is 0 Å². The molecule has 2 fully saturated rings. The Kier molecular flexibility index (Phi) is 12.3. The largest absolute Gasteiger partial charge is 0.474 e. The van der Waals surface area contributed by atoms with Crippen molar-refractivity contribution in [2.75, 3.05) is 48.6 Å². The van der Waals surface area contributed by atoms with Gasteiger partial charge in [-0.2, -0.15) is 0 Å². The molecule has 7 radical (unpaired) electrons. The third-order valence-electron chi connectivity index (χ3n) is 5.03. The molecule has 2 rings (SSSR count). The molecule has 173 valence electrons. The Morgan fingerprint density at radius 2 is 1.81 bits per heavy atom. The molecule has 2 aliphatic heterocycles. The Hall–Kier alpha value is 0.625. The molecule has 0 amide bonds. The average Bonchev–Trinajstić information content (AvgIpc) is 3.34. The van der Waals surface area contributed by atoms with Crippen molar-refractivity contribution in [2.45, 2.75) is 49.3 Å². The fourth-order valence-electron chi connectivity index (χ4n) is 3.42. The fourth-order valence-corrected chi connectivity index (χ4v) is 5.61. The third-order valence-corrected chi connectivity index (χ3v) is 7.88. The predicted molar refractivity (Wildman–Crippen MR) is 125 cm³/mol. The molecule has 0 saturated carbocycles. The third kappa shape index (κ3) is 8.09. The van der Waals surface area contributed by atoms with Crippen molar-refractivity contribution in [3.63, 3.8) is 0 Å². The summed E-state index contributed by atoms with van der Waals surface area (Å²) in [5, 5.41) is 0. The van der Waals surface area contributed by atoms with E-state index >= 15 is 0 Å². The number of hydrogen-bond acceptors (Lipinski definition) is 10. The first-order valence-corrected chi connectivity index (χ1v) is 12.8. The molecule has 0 aromatic carbocycles. The highest BCUT2D eigenvalue weighted by atomic mass is 31.2. The Labute approximate surface area is 197 Å². The smallest absolute Gasteiger partial charge is 0.382 e. The van der Waals surface area contributed by atoms with Gasteiger partial charge in [-0.15, -0.1) is 0 Å².